The summed E-state index contributed by atoms with van der Waals surface area (Å²) in [4.78, 5) is 17.1. The molecule has 6 heteroatoms. The molecule has 4 nitrogen and oxygen atoms in total. The molecule has 3 rings (SSSR count). The molecule has 2 atom stereocenters. The quantitative estimate of drug-likeness (QED) is 0.839. The first-order valence-corrected chi connectivity index (χ1v) is 7.61. The SMILES string of the molecule is Cl.Cl.O=C(C1CCCN1)N1CCCC(N2CCCC2)C1. The molecule has 1 amide bonds. The summed E-state index contributed by atoms with van der Waals surface area (Å²) in [5.41, 5.74) is 0. The zero-order valence-electron chi connectivity index (χ0n) is 12.1. The molecule has 2 unspecified atom stereocenters. The van der Waals surface area contributed by atoms with Gasteiger partial charge in [0.1, 0.15) is 0 Å². The summed E-state index contributed by atoms with van der Waals surface area (Å²) < 4.78 is 0. The number of amides is 1. The molecule has 0 aromatic carbocycles. The van der Waals surface area contributed by atoms with Gasteiger partial charge in [0.2, 0.25) is 5.91 Å². The Balaban J connectivity index is 0.000001000. The predicted octanol–water partition coefficient (Wildman–Crippen LogP) is 1.67. The summed E-state index contributed by atoms with van der Waals surface area (Å²) >= 11 is 0. The van der Waals surface area contributed by atoms with E-state index in [0.717, 1.165) is 32.5 Å². The number of likely N-dealkylation sites (tertiary alicyclic amines) is 2. The van der Waals surface area contributed by atoms with Crippen molar-refractivity contribution < 1.29 is 4.79 Å². The number of halogens is 2. The number of piperidine rings is 1. The Bertz CT molecular complexity index is 305. The number of nitrogens with one attached hydrogen (secondary N) is 1. The standard InChI is InChI=1S/C14H25N3O.2ClH/c18-14(13-6-3-7-15-13)17-10-4-5-12(11-17)16-8-1-2-9-16;;/h12-13,15H,1-11H2;2*1H. The van der Waals surface area contributed by atoms with E-state index in [1.807, 2.05) is 0 Å². The van der Waals surface area contributed by atoms with Crippen LogP contribution in [0.4, 0.5) is 0 Å². The topological polar surface area (TPSA) is 35.6 Å². The molecule has 0 spiro atoms. The molecular formula is C14H27Cl2N3O. The fraction of sp³-hybridized carbons (Fsp3) is 0.929. The highest BCUT2D eigenvalue weighted by Crippen LogP contribution is 2.21. The van der Waals surface area contributed by atoms with E-state index in [1.165, 1.54) is 38.8 Å². The first-order chi connectivity index (χ1) is 8.84. The molecule has 3 aliphatic rings. The Morgan fingerprint density at radius 1 is 0.950 bits per heavy atom. The third kappa shape index (κ3) is 4.00. The van der Waals surface area contributed by atoms with Crippen LogP contribution in [-0.4, -0.2) is 60.5 Å². The maximum atomic E-state index is 12.4. The molecule has 0 bridgehead atoms. The van der Waals surface area contributed by atoms with Gasteiger partial charge in [0.25, 0.3) is 0 Å². The largest absolute Gasteiger partial charge is 0.340 e. The minimum atomic E-state index is 0. The molecule has 0 radical (unpaired) electrons. The second kappa shape index (κ2) is 8.42. The zero-order chi connectivity index (χ0) is 12.4. The molecule has 0 aromatic heterocycles. The van der Waals surface area contributed by atoms with Crippen molar-refractivity contribution in [3.8, 4) is 0 Å². The average molecular weight is 324 g/mol. The van der Waals surface area contributed by atoms with Crippen molar-refractivity contribution in [3.63, 3.8) is 0 Å². The van der Waals surface area contributed by atoms with Crippen molar-refractivity contribution in [2.75, 3.05) is 32.7 Å². The van der Waals surface area contributed by atoms with Crippen LogP contribution in [0.5, 0.6) is 0 Å². The highest BCUT2D eigenvalue weighted by atomic mass is 35.5. The minimum absolute atomic E-state index is 0. The van der Waals surface area contributed by atoms with Crippen molar-refractivity contribution in [2.45, 2.75) is 50.6 Å². The molecule has 0 aliphatic carbocycles. The van der Waals surface area contributed by atoms with Gasteiger partial charge in [-0.2, -0.15) is 0 Å². The Morgan fingerprint density at radius 3 is 2.35 bits per heavy atom. The van der Waals surface area contributed by atoms with E-state index in [4.69, 9.17) is 0 Å². The van der Waals surface area contributed by atoms with E-state index < -0.39 is 0 Å². The Kier molecular flexibility index (Phi) is 7.59. The third-order valence-electron chi connectivity index (χ3n) is 4.72. The van der Waals surface area contributed by atoms with Crippen molar-refractivity contribution in [3.05, 3.63) is 0 Å². The minimum Gasteiger partial charge on any atom is -0.340 e. The highest BCUT2D eigenvalue weighted by Gasteiger charge is 2.32. The Morgan fingerprint density at radius 2 is 1.70 bits per heavy atom. The summed E-state index contributed by atoms with van der Waals surface area (Å²) in [5, 5.41) is 3.33. The lowest BCUT2D eigenvalue weighted by Crippen LogP contribution is -2.52. The molecule has 3 heterocycles. The van der Waals surface area contributed by atoms with Gasteiger partial charge in [-0.05, 0) is 58.2 Å². The van der Waals surface area contributed by atoms with Crippen LogP contribution < -0.4 is 5.32 Å². The number of carbonyl (C=O) groups excluding carboxylic acids is 1. The summed E-state index contributed by atoms with van der Waals surface area (Å²) in [6, 6.07) is 0.744. The first kappa shape index (κ1) is 18.0. The summed E-state index contributed by atoms with van der Waals surface area (Å²) in [7, 11) is 0. The smallest absolute Gasteiger partial charge is 0.239 e. The molecule has 0 aromatic rings. The van der Waals surface area contributed by atoms with Gasteiger partial charge in [-0.3, -0.25) is 9.69 Å². The molecule has 20 heavy (non-hydrogen) atoms. The van der Waals surface area contributed by atoms with Crippen LogP contribution >= 0.6 is 24.8 Å². The molecular weight excluding hydrogens is 297 g/mol. The zero-order valence-corrected chi connectivity index (χ0v) is 13.7. The van der Waals surface area contributed by atoms with E-state index in [9.17, 15) is 4.79 Å². The van der Waals surface area contributed by atoms with Crippen molar-refractivity contribution in [1.29, 1.82) is 0 Å². The van der Waals surface area contributed by atoms with Crippen LogP contribution in [0.3, 0.4) is 0 Å². The van der Waals surface area contributed by atoms with Gasteiger partial charge < -0.3 is 10.2 Å². The highest BCUT2D eigenvalue weighted by molar-refractivity contribution is 5.85. The number of rotatable bonds is 2. The van der Waals surface area contributed by atoms with E-state index in [-0.39, 0.29) is 30.9 Å². The van der Waals surface area contributed by atoms with Crippen LogP contribution in [0.2, 0.25) is 0 Å². The third-order valence-corrected chi connectivity index (χ3v) is 4.72. The fourth-order valence-electron chi connectivity index (χ4n) is 3.68. The second-order valence-corrected chi connectivity index (χ2v) is 5.97. The van der Waals surface area contributed by atoms with E-state index in [1.54, 1.807) is 0 Å². The summed E-state index contributed by atoms with van der Waals surface area (Å²) in [6.07, 6.45) is 7.33. The Labute approximate surface area is 134 Å². The first-order valence-electron chi connectivity index (χ1n) is 7.61. The maximum absolute atomic E-state index is 12.4. The van der Waals surface area contributed by atoms with Crippen LogP contribution in [0.15, 0.2) is 0 Å². The van der Waals surface area contributed by atoms with Gasteiger partial charge in [-0.25, -0.2) is 0 Å². The van der Waals surface area contributed by atoms with Gasteiger partial charge in [0.05, 0.1) is 6.04 Å². The monoisotopic (exact) mass is 323 g/mol. The van der Waals surface area contributed by atoms with Crippen molar-refractivity contribution in [1.82, 2.24) is 15.1 Å². The summed E-state index contributed by atoms with van der Waals surface area (Å²) in [6.45, 7) is 5.45. The van der Waals surface area contributed by atoms with Gasteiger partial charge in [0.15, 0.2) is 0 Å². The average Bonchev–Trinajstić information content (AvgIpc) is 3.11. The lowest BCUT2D eigenvalue weighted by molar-refractivity contribution is -0.135. The molecule has 1 N–H and O–H groups in total. The van der Waals surface area contributed by atoms with E-state index in [2.05, 4.69) is 15.1 Å². The van der Waals surface area contributed by atoms with Gasteiger partial charge in [-0.1, -0.05) is 0 Å². The molecule has 3 fully saturated rings. The molecule has 3 saturated heterocycles. The predicted molar refractivity (Wildman–Crippen MR) is 85.9 cm³/mol. The summed E-state index contributed by atoms with van der Waals surface area (Å²) in [5.74, 6) is 0.358. The fourth-order valence-corrected chi connectivity index (χ4v) is 3.68. The van der Waals surface area contributed by atoms with Crippen LogP contribution in [0, 0.1) is 0 Å². The van der Waals surface area contributed by atoms with Crippen LogP contribution in [0.1, 0.15) is 38.5 Å². The normalized spacial score (nSPS) is 30.7. The lowest BCUT2D eigenvalue weighted by atomic mass is 10.0. The Hall–Kier alpha value is -0.0300. The van der Waals surface area contributed by atoms with Gasteiger partial charge in [0, 0.05) is 19.1 Å². The number of hydrogen-bond acceptors (Lipinski definition) is 3. The molecule has 118 valence electrons. The van der Waals surface area contributed by atoms with Crippen LogP contribution in [-0.2, 0) is 4.79 Å². The maximum Gasteiger partial charge on any atom is 0.239 e. The second-order valence-electron chi connectivity index (χ2n) is 5.97. The number of nitrogens with zero attached hydrogens (tertiary/aromatic N) is 2. The van der Waals surface area contributed by atoms with E-state index >= 15 is 0 Å². The lowest BCUT2D eigenvalue weighted by Gasteiger charge is -2.38. The van der Waals surface area contributed by atoms with Gasteiger partial charge in [-0.15, -0.1) is 24.8 Å². The molecule has 0 saturated carbocycles. The van der Waals surface area contributed by atoms with E-state index in [0.29, 0.717) is 11.9 Å². The van der Waals surface area contributed by atoms with Gasteiger partial charge >= 0.3 is 0 Å². The van der Waals surface area contributed by atoms with Crippen molar-refractivity contribution >= 4 is 30.7 Å². The number of hydrogen-bond donors (Lipinski definition) is 1. The van der Waals surface area contributed by atoms with Crippen molar-refractivity contribution in [2.24, 2.45) is 0 Å². The van der Waals surface area contributed by atoms with Crippen LogP contribution in [0.25, 0.3) is 0 Å². The number of carbonyl (C=O) groups is 1. The molecule has 3 aliphatic heterocycles.